The van der Waals surface area contributed by atoms with Crippen LogP contribution in [-0.4, -0.2) is 31.5 Å². The highest BCUT2D eigenvalue weighted by Crippen LogP contribution is 2.35. The second-order valence-electron chi connectivity index (χ2n) is 4.82. The molecule has 1 saturated heterocycles. The van der Waals surface area contributed by atoms with Gasteiger partial charge in [0.1, 0.15) is 11.9 Å². The van der Waals surface area contributed by atoms with Crippen LogP contribution in [0, 0.1) is 0 Å². The van der Waals surface area contributed by atoms with Gasteiger partial charge in [0.15, 0.2) is 10.8 Å². The predicted molar refractivity (Wildman–Crippen MR) is 78.7 cm³/mol. The summed E-state index contributed by atoms with van der Waals surface area (Å²) in [6.07, 6.45) is 1.89. The molecule has 4 rings (SSSR count). The number of halogens is 1. The third kappa shape index (κ3) is 2.17. The number of phenols is 1. The molecule has 6 nitrogen and oxygen atoms in total. The van der Waals surface area contributed by atoms with Crippen LogP contribution in [0.5, 0.6) is 5.75 Å². The summed E-state index contributed by atoms with van der Waals surface area (Å²) < 4.78 is 7.32. The van der Waals surface area contributed by atoms with Crippen molar-refractivity contribution in [3.05, 3.63) is 29.0 Å². The van der Waals surface area contributed by atoms with Gasteiger partial charge in [-0.1, -0.05) is 22.9 Å². The number of aromatic nitrogens is 4. The number of benzene rings is 1. The van der Waals surface area contributed by atoms with Crippen molar-refractivity contribution in [2.24, 2.45) is 0 Å². The van der Waals surface area contributed by atoms with Crippen LogP contribution in [0.15, 0.2) is 18.2 Å². The molecule has 1 aliphatic rings. The highest BCUT2D eigenvalue weighted by atomic mass is 35.5. The van der Waals surface area contributed by atoms with Gasteiger partial charge in [-0.3, -0.25) is 0 Å². The van der Waals surface area contributed by atoms with Gasteiger partial charge in [0.25, 0.3) is 0 Å². The van der Waals surface area contributed by atoms with E-state index >= 15 is 0 Å². The Balaban J connectivity index is 1.82. The lowest BCUT2D eigenvalue weighted by Crippen LogP contribution is -2.03. The van der Waals surface area contributed by atoms with Gasteiger partial charge in [0.05, 0.1) is 5.56 Å². The molecule has 108 valence electrons. The summed E-state index contributed by atoms with van der Waals surface area (Å²) in [5.74, 6) is 0.856. The van der Waals surface area contributed by atoms with Crippen molar-refractivity contribution in [3.63, 3.8) is 0 Å². The maximum absolute atomic E-state index is 9.97. The fourth-order valence-electron chi connectivity index (χ4n) is 2.40. The average Bonchev–Trinajstić information content (AvgIpc) is 3.15. The van der Waals surface area contributed by atoms with E-state index in [-0.39, 0.29) is 11.9 Å². The Morgan fingerprint density at radius 3 is 3.10 bits per heavy atom. The molecule has 1 aromatic carbocycles. The lowest BCUT2D eigenvalue weighted by atomic mass is 10.2. The summed E-state index contributed by atoms with van der Waals surface area (Å²) >= 11 is 7.34. The normalized spacial score (nSPS) is 18.6. The first-order chi connectivity index (χ1) is 10.2. The first-order valence-corrected chi connectivity index (χ1v) is 7.74. The van der Waals surface area contributed by atoms with Gasteiger partial charge in [-0.05, 0) is 31.0 Å². The second kappa shape index (κ2) is 4.94. The topological polar surface area (TPSA) is 72.5 Å². The molecule has 3 aromatic rings. The Bertz CT molecular complexity index is 810. The van der Waals surface area contributed by atoms with Gasteiger partial charge >= 0.3 is 0 Å². The molecule has 0 saturated carbocycles. The van der Waals surface area contributed by atoms with Crippen molar-refractivity contribution in [1.29, 1.82) is 0 Å². The van der Waals surface area contributed by atoms with E-state index in [0.29, 0.717) is 26.4 Å². The lowest BCUT2D eigenvalue weighted by Gasteiger charge is -2.04. The van der Waals surface area contributed by atoms with E-state index in [0.717, 1.165) is 19.4 Å². The number of phenolic OH excluding ortho intramolecular Hbond substituents is 1. The quantitative estimate of drug-likeness (QED) is 0.785. The third-order valence-electron chi connectivity index (χ3n) is 3.42. The average molecular weight is 323 g/mol. The molecule has 0 bridgehead atoms. The van der Waals surface area contributed by atoms with Crippen LogP contribution in [0.3, 0.4) is 0 Å². The van der Waals surface area contributed by atoms with Crippen molar-refractivity contribution in [2.45, 2.75) is 18.9 Å². The Labute approximate surface area is 129 Å². The van der Waals surface area contributed by atoms with Gasteiger partial charge in [-0.15, -0.1) is 10.2 Å². The Kier molecular flexibility index (Phi) is 3.06. The maximum atomic E-state index is 9.97. The summed E-state index contributed by atoms with van der Waals surface area (Å²) in [7, 11) is 0. The standard InChI is InChI=1S/C13H11ClN4O2S/c14-7-3-4-9(19)8(6-7)12-17-18-11(10-2-1-5-20-10)15-16-13(18)21-12/h3-4,6,10,19H,1-2,5H2. The summed E-state index contributed by atoms with van der Waals surface area (Å²) in [5, 5.41) is 24.0. The molecule has 0 radical (unpaired) electrons. The highest BCUT2D eigenvalue weighted by molar-refractivity contribution is 7.19. The number of rotatable bonds is 2. The summed E-state index contributed by atoms with van der Waals surface area (Å²) in [4.78, 5) is 0.676. The molecule has 8 heteroatoms. The van der Waals surface area contributed by atoms with E-state index < -0.39 is 0 Å². The Morgan fingerprint density at radius 2 is 2.29 bits per heavy atom. The van der Waals surface area contributed by atoms with Crippen molar-refractivity contribution in [1.82, 2.24) is 19.8 Å². The fourth-order valence-corrected chi connectivity index (χ4v) is 3.45. The van der Waals surface area contributed by atoms with Gasteiger partial charge in [0, 0.05) is 11.6 Å². The number of aromatic hydroxyl groups is 1. The number of nitrogens with zero attached hydrogens (tertiary/aromatic N) is 4. The van der Waals surface area contributed by atoms with Crippen molar-refractivity contribution in [2.75, 3.05) is 6.61 Å². The fraction of sp³-hybridized carbons (Fsp3) is 0.308. The number of hydrogen-bond donors (Lipinski definition) is 1. The van der Waals surface area contributed by atoms with Crippen LogP contribution in [0.2, 0.25) is 5.02 Å². The second-order valence-corrected chi connectivity index (χ2v) is 6.22. The Morgan fingerprint density at radius 1 is 1.38 bits per heavy atom. The summed E-state index contributed by atoms with van der Waals surface area (Å²) in [6.45, 7) is 0.742. The van der Waals surface area contributed by atoms with Crippen LogP contribution in [-0.2, 0) is 4.74 Å². The largest absolute Gasteiger partial charge is 0.507 e. The third-order valence-corrected chi connectivity index (χ3v) is 4.59. The van der Waals surface area contributed by atoms with Crippen molar-refractivity contribution in [3.8, 4) is 16.3 Å². The monoisotopic (exact) mass is 322 g/mol. The summed E-state index contributed by atoms with van der Waals surface area (Å²) in [6, 6.07) is 4.88. The zero-order valence-electron chi connectivity index (χ0n) is 10.9. The van der Waals surface area contributed by atoms with Crippen LogP contribution in [0.4, 0.5) is 0 Å². The minimum absolute atomic E-state index is 0.0529. The van der Waals surface area contributed by atoms with E-state index in [1.54, 1.807) is 22.7 Å². The molecule has 0 spiro atoms. The van der Waals surface area contributed by atoms with Crippen LogP contribution in [0.25, 0.3) is 15.5 Å². The van der Waals surface area contributed by atoms with Crippen molar-refractivity contribution < 1.29 is 9.84 Å². The molecule has 21 heavy (non-hydrogen) atoms. The molecular weight excluding hydrogens is 312 g/mol. The van der Waals surface area contributed by atoms with Gasteiger partial charge < -0.3 is 9.84 Å². The zero-order valence-corrected chi connectivity index (χ0v) is 12.4. The number of hydrogen-bond acceptors (Lipinski definition) is 6. The molecule has 1 fully saturated rings. The Hall–Kier alpha value is -1.70. The molecule has 0 aliphatic carbocycles. The van der Waals surface area contributed by atoms with Crippen LogP contribution in [0.1, 0.15) is 24.8 Å². The highest BCUT2D eigenvalue weighted by Gasteiger charge is 2.25. The lowest BCUT2D eigenvalue weighted by molar-refractivity contribution is 0.103. The summed E-state index contributed by atoms with van der Waals surface area (Å²) in [5.41, 5.74) is 0.594. The maximum Gasteiger partial charge on any atom is 0.235 e. The van der Waals surface area contributed by atoms with Crippen molar-refractivity contribution >= 4 is 27.9 Å². The molecule has 1 atom stereocenters. The molecule has 1 aliphatic heterocycles. The van der Waals surface area contributed by atoms with Gasteiger partial charge in [-0.25, -0.2) is 0 Å². The van der Waals surface area contributed by atoms with E-state index in [2.05, 4.69) is 15.3 Å². The molecule has 3 heterocycles. The van der Waals surface area contributed by atoms with E-state index in [4.69, 9.17) is 16.3 Å². The number of ether oxygens (including phenoxy) is 1. The van der Waals surface area contributed by atoms with E-state index in [1.165, 1.54) is 11.3 Å². The molecule has 1 N–H and O–H groups in total. The molecular formula is C13H11ClN4O2S. The number of fused-ring (bicyclic) bond motifs is 1. The SMILES string of the molecule is Oc1ccc(Cl)cc1-c1nn2c(C3CCCO3)nnc2s1. The smallest absolute Gasteiger partial charge is 0.235 e. The van der Waals surface area contributed by atoms with E-state index in [1.807, 2.05) is 0 Å². The van der Waals surface area contributed by atoms with E-state index in [9.17, 15) is 5.11 Å². The minimum Gasteiger partial charge on any atom is -0.507 e. The molecule has 0 amide bonds. The van der Waals surface area contributed by atoms with Crippen LogP contribution < -0.4 is 0 Å². The molecule has 1 unspecified atom stereocenters. The first-order valence-electron chi connectivity index (χ1n) is 6.55. The van der Waals surface area contributed by atoms with Gasteiger partial charge in [-0.2, -0.15) is 9.61 Å². The zero-order chi connectivity index (χ0) is 14.4. The minimum atomic E-state index is -0.0529. The van der Waals surface area contributed by atoms with Crippen LogP contribution >= 0.6 is 22.9 Å². The van der Waals surface area contributed by atoms with Gasteiger partial charge in [0.2, 0.25) is 4.96 Å². The first kappa shape index (κ1) is 13.0. The molecule has 2 aromatic heterocycles. The predicted octanol–water partition coefficient (Wildman–Crippen LogP) is 3.06.